The lowest BCUT2D eigenvalue weighted by Crippen LogP contribution is -2.38. The van der Waals surface area contributed by atoms with E-state index in [4.69, 9.17) is 9.47 Å². The Kier molecular flexibility index (Phi) is 12.5. The van der Waals surface area contributed by atoms with Crippen LogP contribution in [0.5, 0.6) is 11.5 Å². The molecule has 1 unspecified atom stereocenters. The van der Waals surface area contributed by atoms with Gasteiger partial charge in [-0.25, -0.2) is 0 Å². The van der Waals surface area contributed by atoms with Gasteiger partial charge in [0.15, 0.2) is 0 Å². The van der Waals surface area contributed by atoms with Crippen LogP contribution in [0.2, 0.25) is 0 Å². The van der Waals surface area contributed by atoms with Gasteiger partial charge in [-0.3, -0.25) is 9.59 Å². The van der Waals surface area contributed by atoms with Crippen LogP contribution >= 0.6 is 0 Å². The molecule has 0 radical (unpaired) electrons. The fourth-order valence-corrected chi connectivity index (χ4v) is 5.57. The van der Waals surface area contributed by atoms with Gasteiger partial charge < -0.3 is 24.5 Å². The topological polar surface area (TPSA) is 89.8 Å². The average molecular weight is 579 g/mol. The molecule has 1 aromatic carbocycles. The zero-order chi connectivity index (χ0) is 30.7. The molecule has 1 amide bonds. The highest BCUT2D eigenvalue weighted by Gasteiger charge is 2.37. The molecule has 0 aliphatic heterocycles. The number of pyridine rings is 1. The van der Waals surface area contributed by atoms with Crippen LogP contribution in [-0.4, -0.2) is 42.4 Å². The van der Waals surface area contributed by atoms with Gasteiger partial charge >= 0.3 is 0 Å². The van der Waals surface area contributed by atoms with Crippen LogP contribution in [0.1, 0.15) is 88.3 Å². The van der Waals surface area contributed by atoms with Crippen LogP contribution in [0.4, 0.5) is 0 Å². The predicted molar refractivity (Wildman–Crippen MR) is 170 cm³/mol. The first-order valence-corrected chi connectivity index (χ1v) is 15.3. The minimum Gasteiger partial charge on any atom is -0.497 e. The summed E-state index contributed by atoms with van der Waals surface area (Å²) in [4.78, 5) is 25.6. The largest absolute Gasteiger partial charge is 0.497 e. The highest BCUT2D eigenvalue weighted by atomic mass is 16.5. The van der Waals surface area contributed by atoms with Gasteiger partial charge in [0, 0.05) is 42.6 Å². The molecule has 2 N–H and O–H groups in total. The van der Waals surface area contributed by atoms with Crippen molar-refractivity contribution in [1.82, 2.24) is 9.88 Å². The molecule has 0 fully saturated rings. The number of ether oxygens (including phenoxy) is 2. The number of benzene rings is 1. The summed E-state index contributed by atoms with van der Waals surface area (Å²) in [5, 5.41) is 12.4. The number of rotatable bonds is 15. The number of fused-ring (bicyclic) bond motifs is 1. The number of hydrogen-bond acceptors (Lipinski definition) is 5. The normalized spacial score (nSPS) is 16.0. The van der Waals surface area contributed by atoms with E-state index < -0.39 is 0 Å². The summed E-state index contributed by atoms with van der Waals surface area (Å²) in [6, 6.07) is 8.61. The Morgan fingerprint density at radius 2 is 1.88 bits per heavy atom. The Morgan fingerprint density at radius 1 is 1.14 bits per heavy atom. The Labute approximate surface area is 251 Å². The van der Waals surface area contributed by atoms with E-state index in [0.717, 1.165) is 43.4 Å². The number of aliphatic hydroxyl groups excluding tert-OH is 1. The van der Waals surface area contributed by atoms with Gasteiger partial charge in [0.1, 0.15) is 11.5 Å². The van der Waals surface area contributed by atoms with E-state index in [1.807, 2.05) is 4.57 Å². The van der Waals surface area contributed by atoms with Crippen LogP contribution in [0.15, 0.2) is 58.4 Å². The molecule has 0 bridgehead atoms. The van der Waals surface area contributed by atoms with Gasteiger partial charge in [-0.2, -0.15) is 0 Å². The minimum absolute atomic E-state index is 0.0153. The summed E-state index contributed by atoms with van der Waals surface area (Å²) >= 11 is 0. The first-order valence-electron chi connectivity index (χ1n) is 15.3. The molecular formula is C35H50N2O5. The number of carbonyl (C=O) groups excluding carboxylic acids is 1. The number of nitrogens with zero attached hydrogens (tertiary/aromatic N) is 1. The summed E-state index contributed by atoms with van der Waals surface area (Å²) in [7, 11) is 1.59. The zero-order valence-electron chi connectivity index (χ0n) is 26.4. The van der Waals surface area contributed by atoms with Crippen molar-refractivity contribution in [3.63, 3.8) is 0 Å². The summed E-state index contributed by atoms with van der Waals surface area (Å²) in [6.45, 7) is 12.5. The molecular weight excluding hydrogens is 528 g/mol. The molecule has 0 saturated carbocycles. The fourth-order valence-electron chi connectivity index (χ4n) is 5.57. The van der Waals surface area contributed by atoms with Crippen molar-refractivity contribution >= 4 is 5.91 Å². The van der Waals surface area contributed by atoms with Crippen molar-refractivity contribution in [3.05, 3.63) is 80.8 Å². The molecule has 0 saturated heterocycles. The molecule has 1 atom stereocenters. The van der Waals surface area contributed by atoms with Gasteiger partial charge in [-0.15, -0.1) is 0 Å². The van der Waals surface area contributed by atoms with E-state index in [-0.39, 0.29) is 23.5 Å². The molecule has 0 spiro atoms. The van der Waals surface area contributed by atoms with Gasteiger partial charge in [-0.1, -0.05) is 37.1 Å². The van der Waals surface area contributed by atoms with Crippen molar-refractivity contribution < 1.29 is 19.4 Å². The second-order valence-electron chi connectivity index (χ2n) is 12.4. The highest BCUT2D eigenvalue weighted by molar-refractivity contribution is 5.94. The van der Waals surface area contributed by atoms with Crippen LogP contribution in [0, 0.1) is 11.3 Å². The van der Waals surface area contributed by atoms with E-state index in [0.29, 0.717) is 55.5 Å². The summed E-state index contributed by atoms with van der Waals surface area (Å²) < 4.78 is 13.2. The van der Waals surface area contributed by atoms with E-state index >= 15 is 0 Å². The Morgan fingerprint density at radius 3 is 2.55 bits per heavy atom. The molecule has 1 aliphatic carbocycles. The fraction of sp³-hybridized carbons (Fsp3) is 0.543. The van der Waals surface area contributed by atoms with Crippen LogP contribution in [-0.2, 0) is 19.4 Å². The van der Waals surface area contributed by atoms with E-state index in [9.17, 15) is 14.7 Å². The van der Waals surface area contributed by atoms with E-state index in [1.165, 1.54) is 11.1 Å². The van der Waals surface area contributed by atoms with Crippen molar-refractivity contribution in [1.29, 1.82) is 0 Å². The third kappa shape index (κ3) is 9.35. The number of aromatic nitrogens is 1. The molecule has 3 rings (SSSR count). The number of aliphatic hydroxyl groups is 1. The third-order valence-corrected chi connectivity index (χ3v) is 8.27. The summed E-state index contributed by atoms with van der Waals surface area (Å²) in [5.41, 5.74) is 5.41. The second-order valence-corrected chi connectivity index (χ2v) is 12.4. The highest BCUT2D eigenvalue weighted by Crippen LogP contribution is 2.44. The standard InChI is InChI=1S/C35H50N2O5/c1-25(2)10-7-11-26(3)12-15-28-22-30-31(24-35(28,4)5)37(19-9-20-38)33(39)23-32(30)42-21-8-18-36-34(40)27-13-16-29(41-6)17-14-27/h10,12-14,16-17,23,28,38H,7-9,11,15,18-22,24H2,1-6H3,(H,36,40)/b26-12+. The number of carbonyl (C=O) groups is 1. The number of allylic oxidation sites excluding steroid dienone is 4. The molecule has 1 heterocycles. The SMILES string of the molecule is COc1ccc(C(=O)NCCCOc2cc(=O)n(CCCO)c3c2CC(C/C=C(\C)CCC=C(C)C)C(C)(C)C3)cc1. The average Bonchev–Trinajstić information content (AvgIpc) is 2.95. The van der Waals surface area contributed by atoms with Gasteiger partial charge in [-0.05, 0) is 101 Å². The number of nitrogens with one attached hydrogen (secondary N) is 1. The lowest BCUT2D eigenvalue weighted by Gasteiger charge is -2.41. The maximum absolute atomic E-state index is 13.2. The Balaban J connectivity index is 1.70. The van der Waals surface area contributed by atoms with Crippen LogP contribution < -0.4 is 20.3 Å². The second kappa shape index (κ2) is 15.8. The minimum atomic E-state index is -0.143. The molecule has 1 aliphatic rings. The molecule has 7 heteroatoms. The summed E-state index contributed by atoms with van der Waals surface area (Å²) in [6.07, 6.45) is 10.6. The summed E-state index contributed by atoms with van der Waals surface area (Å²) in [5.74, 6) is 1.63. The third-order valence-electron chi connectivity index (χ3n) is 8.27. The lowest BCUT2D eigenvalue weighted by atomic mass is 9.66. The number of amides is 1. The van der Waals surface area contributed by atoms with Crippen molar-refractivity contribution in [2.24, 2.45) is 11.3 Å². The first-order chi connectivity index (χ1) is 20.1. The van der Waals surface area contributed by atoms with E-state index in [1.54, 1.807) is 37.4 Å². The smallest absolute Gasteiger partial charge is 0.254 e. The molecule has 42 heavy (non-hydrogen) atoms. The zero-order valence-corrected chi connectivity index (χ0v) is 26.4. The maximum atomic E-state index is 13.2. The molecule has 2 aromatic rings. The lowest BCUT2D eigenvalue weighted by molar-refractivity contribution is 0.0951. The maximum Gasteiger partial charge on any atom is 0.254 e. The molecule has 1 aromatic heterocycles. The van der Waals surface area contributed by atoms with E-state index in [2.05, 4.69) is 52.1 Å². The molecule has 230 valence electrons. The van der Waals surface area contributed by atoms with Gasteiger partial charge in [0.05, 0.1) is 13.7 Å². The monoisotopic (exact) mass is 578 g/mol. The van der Waals surface area contributed by atoms with Gasteiger partial charge in [0.2, 0.25) is 0 Å². The number of hydrogen-bond donors (Lipinski definition) is 2. The number of methoxy groups -OCH3 is 1. The van der Waals surface area contributed by atoms with Crippen LogP contribution in [0.25, 0.3) is 0 Å². The van der Waals surface area contributed by atoms with Gasteiger partial charge in [0.25, 0.3) is 11.5 Å². The Hall–Kier alpha value is -3.32. The molecule has 7 nitrogen and oxygen atoms in total. The van der Waals surface area contributed by atoms with Crippen molar-refractivity contribution in [2.75, 3.05) is 26.9 Å². The van der Waals surface area contributed by atoms with Crippen molar-refractivity contribution in [2.45, 2.75) is 86.1 Å². The predicted octanol–water partition coefficient (Wildman–Crippen LogP) is 6.26. The Bertz CT molecular complexity index is 1300. The quantitative estimate of drug-likeness (QED) is 0.192. The van der Waals surface area contributed by atoms with Crippen LogP contribution in [0.3, 0.4) is 0 Å². The first kappa shape index (κ1) is 33.2. The van der Waals surface area contributed by atoms with Crippen molar-refractivity contribution in [3.8, 4) is 11.5 Å².